The van der Waals surface area contributed by atoms with Crippen LogP contribution >= 0.6 is 0 Å². The maximum atomic E-state index is 13.4. The van der Waals surface area contributed by atoms with Gasteiger partial charge in [-0.3, -0.25) is 14.4 Å². The minimum Gasteiger partial charge on any atom is -0.399 e. The van der Waals surface area contributed by atoms with Crippen molar-refractivity contribution in [1.29, 1.82) is 0 Å². The van der Waals surface area contributed by atoms with E-state index in [0.29, 0.717) is 47.0 Å². The van der Waals surface area contributed by atoms with Crippen LogP contribution in [0.5, 0.6) is 0 Å². The van der Waals surface area contributed by atoms with Crippen LogP contribution in [0.2, 0.25) is 0 Å². The Morgan fingerprint density at radius 3 is 2.54 bits per heavy atom. The molecule has 3 aliphatic heterocycles. The summed E-state index contributed by atoms with van der Waals surface area (Å²) in [5.74, 6) is -0.0588. The Morgan fingerprint density at radius 2 is 1.84 bits per heavy atom. The number of rotatable bonds is 8. The lowest BCUT2D eigenvalue weighted by Gasteiger charge is -2.46. The zero-order chi connectivity index (χ0) is 25.9. The molecule has 3 heterocycles. The zero-order valence-corrected chi connectivity index (χ0v) is 21.1. The van der Waals surface area contributed by atoms with Crippen molar-refractivity contribution in [2.75, 3.05) is 12.3 Å². The van der Waals surface area contributed by atoms with E-state index >= 15 is 0 Å². The van der Waals surface area contributed by atoms with E-state index in [1.54, 1.807) is 30.3 Å². The van der Waals surface area contributed by atoms with Crippen molar-refractivity contribution >= 4 is 35.1 Å². The first kappa shape index (κ1) is 25.0. The van der Waals surface area contributed by atoms with Gasteiger partial charge in [0.05, 0.1) is 5.69 Å². The molecule has 9 nitrogen and oxygen atoms in total. The highest BCUT2D eigenvalue weighted by molar-refractivity contribution is 6.05. The molecule has 1 saturated carbocycles. The number of amides is 2. The first-order valence-corrected chi connectivity index (χ1v) is 12.9. The number of carbonyl (C=O) groups excluding carboxylic acids is 2. The van der Waals surface area contributed by atoms with Crippen LogP contribution in [0.3, 0.4) is 0 Å². The summed E-state index contributed by atoms with van der Waals surface area (Å²) in [5.41, 5.74) is 15.9. The van der Waals surface area contributed by atoms with Crippen LogP contribution in [0.25, 0.3) is 6.08 Å². The zero-order valence-electron chi connectivity index (χ0n) is 21.1. The summed E-state index contributed by atoms with van der Waals surface area (Å²) in [5, 5.41) is 8.03. The molecule has 9 heteroatoms. The number of carbonyl (C=O) groups is 2. The summed E-state index contributed by atoms with van der Waals surface area (Å²) in [4.78, 5) is 36.8. The van der Waals surface area contributed by atoms with Gasteiger partial charge in [-0.15, -0.1) is 0 Å². The Labute approximate surface area is 216 Å². The van der Waals surface area contributed by atoms with E-state index < -0.39 is 0 Å². The number of hydrogen-bond acceptors (Lipinski definition) is 7. The van der Waals surface area contributed by atoms with E-state index in [4.69, 9.17) is 16.3 Å². The second-order valence-corrected chi connectivity index (χ2v) is 10.1. The van der Waals surface area contributed by atoms with Gasteiger partial charge in [0.2, 0.25) is 0 Å². The van der Waals surface area contributed by atoms with Crippen LogP contribution in [-0.2, 0) is 16.2 Å². The average Bonchev–Trinajstić information content (AvgIpc) is 3.04. The molecule has 2 unspecified atom stereocenters. The molecular formula is C28H34N6O3. The van der Waals surface area contributed by atoms with Gasteiger partial charge >= 0.3 is 0 Å². The predicted molar refractivity (Wildman–Crippen MR) is 144 cm³/mol. The van der Waals surface area contributed by atoms with Crippen LogP contribution in [0.15, 0.2) is 53.0 Å². The first-order chi connectivity index (χ1) is 17.9. The number of aliphatic imine (C=N–C) groups is 1. The van der Waals surface area contributed by atoms with Gasteiger partial charge in [0.25, 0.3) is 11.8 Å². The molecule has 2 aromatic carbocycles. The molecule has 2 atom stereocenters. The lowest BCUT2D eigenvalue weighted by Crippen LogP contribution is -2.62. The smallest absolute Gasteiger partial charge is 0.273 e. The number of nitrogens with one attached hydrogen (secondary N) is 2. The minimum atomic E-state index is -0.255. The van der Waals surface area contributed by atoms with E-state index in [2.05, 4.69) is 15.6 Å². The highest BCUT2D eigenvalue weighted by Gasteiger charge is 2.38. The SMILES string of the molecule is CCCN(OCc1ccc(N)cc1)C(=O)C1=Cc2ccc(C(=O)NC3CC4CC(C3)N4)cc2N=C(N)C1. The van der Waals surface area contributed by atoms with E-state index in [9.17, 15) is 9.59 Å². The molecule has 0 aromatic heterocycles. The summed E-state index contributed by atoms with van der Waals surface area (Å²) in [7, 11) is 0. The van der Waals surface area contributed by atoms with E-state index in [-0.39, 0.29) is 30.9 Å². The van der Waals surface area contributed by atoms with Crippen LogP contribution in [0.1, 0.15) is 60.5 Å². The second-order valence-electron chi connectivity index (χ2n) is 10.1. The van der Waals surface area contributed by atoms with E-state index in [1.807, 2.05) is 25.1 Å². The molecule has 1 aliphatic carbocycles. The van der Waals surface area contributed by atoms with Crippen molar-refractivity contribution < 1.29 is 14.4 Å². The van der Waals surface area contributed by atoms with Crippen molar-refractivity contribution in [3.8, 4) is 0 Å². The van der Waals surface area contributed by atoms with Crippen molar-refractivity contribution in [3.63, 3.8) is 0 Å². The van der Waals surface area contributed by atoms with Gasteiger partial charge in [-0.05, 0) is 61.6 Å². The molecule has 194 valence electrons. The number of hydroxylamine groups is 2. The standard InChI is InChI=1S/C28H34N6O3/c1-2-9-34(37-16-17-3-7-21(29)8-4-17)28(36)20-10-18-5-6-19(11-25(18)33-26(30)12-20)27(35)32-24-14-22-13-23(15-24)31-22/h3-8,10-11,22-24,31H,2,9,12-16,29H2,1H3,(H2,30,33)(H,32,35). The van der Waals surface area contributed by atoms with Gasteiger partial charge in [-0.25, -0.2) is 10.1 Å². The number of benzene rings is 2. The maximum absolute atomic E-state index is 13.4. The lowest BCUT2D eigenvalue weighted by atomic mass is 9.79. The molecule has 2 aromatic rings. The number of nitrogen functional groups attached to an aromatic ring is 1. The first-order valence-electron chi connectivity index (χ1n) is 12.9. The molecule has 2 bridgehead atoms. The molecule has 0 spiro atoms. The highest BCUT2D eigenvalue weighted by atomic mass is 16.7. The number of piperidine rings is 1. The lowest BCUT2D eigenvalue weighted by molar-refractivity contribution is -0.187. The number of hydrogen-bond donors (Lipinski definition) is 4. The summed E-state index contributed by atoms with van der Waals surface area (Å²) < 4.78 is 0. The van der Waals surface area contributed by atoms with Gasteiger partial charge in [-0.1, -0.05) is 25.1 Å². The van der Waals surface area contributed by atoms with Gasteiger partial charge in [-0.2, -0.15) is 0 Å². The number of anilines is 1. The van der Waals surface area contributed by atoms with Crippen molar-refractivity contribution in [1.82, 2.24) is 15.7 Å². The maximum Gasteiger partial charge on any atom is 0.273 e. The van der Waals surface area contributed by atoms with Gasteiger partial charge in [0, 0.05) is 53.5 Å². The minimum absolute atomic E-state index is 0.113. The van der Waals surface area contributed by atoms with Crippen LogP contribution in [-0.4, -0.2) is 47.4 Å². The largest absolute Gasteiger partial charge is 0.399 e. The third kappa shape index (κ3) is 5.84. The number of amidine groups is 1. The Bertz CT molecular complexity index is 1220. The van der Waals surface area contributed by atoms with Crippen molar-refractivity contribution in [2.24, 2.45) is 10.7 Å². The Hall–Kier alpha value is -3.69. The topological polar surface area (TPSA) is 135 Å². The van der Waals surface area contributed by atoms with Crippen molar-refractivity contribution in [3.05, 3.63) is 64.7 Å². The highest BCUT2D eigenvalue weighted by Crippen LogP contribution is 2.30. The Morgan fingerprint density at radius 1 is 1.11 bits per heavy atom. The fourth-order valence-electron chi connectivity index (χ4n) is 5.17. The molecule has 6 N–H and O–H groups in total. The quantitative estimate of drug-likeness (QED) is 0.324. The second kappa shape index (κ2) is 10.7. The summed E-state index contributed by atoms with van der Waals surface area (Å²) in [6.45, 7) is 2.67. The number of nitrogens with two attached hydrogens (primary N) is 2. The van der Waals surface area contributed by atoms with Crippen LogP contribution in [0, 0.1) is 0 Å². The number of fused-ring (bicyclic) bond motifs is 3. The molecule has 6 rings (SSSR count). The van der Waals surface area contributed by atoms with E-state index in [1.165, 1.54) is 11.5 Å². The summed E-state index contributed by atoms with van der Waals surface area (Å²) >= 11 is 0. The fourth-order valence-corrected chi connectivity index (χ4v) is 5.17. The molecular weight excluding hydrogens is 468 g/mol. The Balaban J connectivity index is 1.30. The van der Waals surface area contributed by atoms with Crippen LogP contribution < -0.4 is 22.1 Å². The van der Waals surface area contributed by atoms with Gasteiger partial charge in [0.1, 0.15) is 12.4 Å². The molecule has 2 saturated heterocycles. The normalized spacial score (nSPS) is 22.0. The Kier molecular flexibility index (Phi) is 7.25. The third-order valence-corrected chi connectivity index (χ3v) is 7.07. The molecule has 2 amide bonds. The monoisotopic (exact) mass is 502 g/mol. The number of nitrogens with zero attached hydrogens (tertiary/aromatic N) is 2. The molecule has 3 fully saturated rings. The summed E-state index contributed by atoms with van der Waals surface area (Å²) in [6.07, 6.45) is 5.84. The van der Waals surface area contributed by atoms with Crippen molar-refractivity contribution in [2.45, 2.75) is 63.8 Å². The average molecular weight is 503 g/mol. The van der Waals surface area contributed by atoms with Gasteiger partial charge < -0.3 is 22.1 Å². The van der Waals surface area contributed by atoms with Crippen LogP contribution in [0.4, 0.5) is 11.4 Å². The van der Waals surface area contributed by atoms with E-state index in [0.717, 1.165) is 30.4 Å². The molecule has 0 radical (unpaired) electrons. The third-order valence-electron chi connectivity index (χ3n) is 7.07. The summed E-state index contributed by atoms with van der Waals surface area (Å²) in [6, 6.07) is 13.9. The predicted octanol–water partition coefficient (Wildman–Crippen LogP) is 3.04. The molecule has 37 heavy (non-hydrogen) atoms. The molecule has 4 aliphatic rings. The fraction of sp³-hybridized carbons (Fsp3) is 0.393. The van der Waals surface area contributed by atoms with Gasteiger partial charge in [0.15, 0.2) is 0 Å².